The molecule has 1 fully saturated rings. The topological polar surface area (TPSA) is 80.5 Å². The maximum Gasteiger partial charge on any atom is 0.243 e. The van der Waals surface area contributed by atoms with Gasteiger partial charge in [0.2, 0.25) is 15.9 Å². The van der Waals surface area contributed by atoms with E-state index in [-0.39, 0.29) is 11.8 Å². The van der Waals surface area contributed by atoms with Crippen molar-refractivity contribution in [1.82, 2.24) is 4.31 Å². The van der Waals surface area contributed by atoms with Gasteiger partial charge < -0.3 is 5.73 Å². The second-order valence-corrected chi connectivity index (χ2v) is 8.22. The third kappa shape index (κ3) is 3.84. The van der Waals surface area contributed by atoms with E-state index in [0.717, 1.165) is 10.0 Å². The van der Waals surface area contributed by atoms with Gasteiger partial charge in [0.1, 0.15) is 0 Å². The molecule has 2 rings (SSSR count). The number of hydrogen-bond acceptors (Lipinski definition) is 3. The number of piperidine rings is 1. The van der Waals surface area contributed by atoms with E-state index in [9.17, 15) is 13.2 Å². The number of benzene rings is 1. The summed E-state index contributed by atoms with van der Waals surface area (Å²) in [4.78, 5) is 11.2. The normalized spacial score (nSPS) is 17.8. The van der Waals surface area contributed by atoms with E-state index >= 15 is 0 Å². The Labute approximate surface area is 133 Å². The maximum atomic E-state index is 12.6. The molecule has 1 aromatic rings. The molecule has 0 spiro atoms. The summed E-state index contributed by atoms with van der Waals surface area (Å²) in [7, 11) is -3.46. The Morgan fingerprint density at radius 3 is 2.52 bits per heavy atom. The van der Waals surface area contributed by atoms with E-state index in [0.29, 0.717) is 37.2 Å². The number of hydrogen-bond donors (Lipinski definition) is 1. The first-order valence-electron chi connectivity index (χ1n) is 6.85. The first-order valence-corrected chi connectivity index (χ1v) is 9.08. The predicted octanol–water partition coefficient (Wildman–Crippen LogP) is 2.03. The highest BCUT2D eigenvalue weighted by Gasteiger charge is 2.30. The Kier molecular flexibility index (Phi) is 5.06. The second-order valence-electron chi connectivity index (χ2n) is 5.43. The number of sulfonamides is 1. The number of carbonyl (C=O) groups excluding carboxylic acids is 1. The second kappa shape index (κ2) is 6.46. The van der Waals surface area contributed by atoms with Gasteiger partial charge in [-0.05, 0) is 49.4 Å². The van der Waals surface area contributed by atoms with Gasteiger partial charge in [-0.25, -0.2) is 8.42 Å². The van der Waals surface area contributed by atoms with Gasteiger partial charge in [0.25, 0.3) is 0 Å². The SMILES string of the molecule is Cc1cc(S(=O)(=O)N2CCC(CC(N)=O)CC2)ccc1Br. The highest BCUT2D eigenvalue weighted by Crippen LogP contribution is 2.27. The monoisotopic (exact) mass is 374 g/mol. The fraction of sp³-hybridized carbons (Fsp3) is 0.500. The number of nitrogens with two attached hydrogens (primary N) is 1. The average molecular weight is 375 g/mol. The van der Waals surface area contributed by atoms with E-state index in [1.54, 1.807) is 18.2 Å². The summed E-state index contributed by atoms with van der Waals surface area (Å²) < 4.78 is 27.6. The predicted molar refractivity (Wildman–Crippen MR) is 84.2 cm³/mol. The van der Waals surface area contributed by atoms with E-state index in [1.165, 1.54) is 4.31 Å². The minimum Gasteiger partial charge on any atom is -0.370 e. The maximum absolute atomic E-state index is 12.6. The third-order valence-corrected chi connectivity index (χ3v) is 6.61. The van der Waals surface area contributed by atoms with Gasteiger partial charge >= 0.3 is 0 Å². The summed E-state index contributed by atoms with van der Waals surface area (Å²) in [5.41, 5.74) is 6.08. The van der Waals surface area contributed by atoms with Crippen LogP contribution in [0, 0.1) is 12.8 Å². The summed E-state index contributed by atoms with van der Waals surface area (Å²) >= 11 is 3.37. The van der Waals surface area contributed by atoms with Crippen molar-refractivity contribution in [3.05, 3.63) is 28.2 Å². The number of aryl methyl sites for hydroxylation is 1. The van der Waals surface area contributed by atoms with Gasteiger partial charge in [0.15, 0.2) is 0 Å². The smallest absolute Gasteiger partial charge is 0.243 e. The van der Waals surface area contributed by atoms with Crippen molar-refractivity contribution >= 4 is 31.9 Å². The Morgan fingerprint density at radius 2 is 2.00 bits per heavy atom. The van der Waals surface area contributed by atoms with Gasteiger partial charge in [-0.2, -0.15) is 4.31 Å². The van der Waals surface area contributed by atoms with Crippen molar-refractivity contribution in [2.24, 2.45) is 11.7 Å². The summed E-state index contributed by atoms with van der Waals surface area (Å²) in [6.45, 7) is 2.74. The van der Waals surface area contributed by atoms with E-state index in [2.05, 4.69) is 15.9 Å². The van der Waals surface area contributed by atoms with Crippen LogP contribution >= 0.6 is 15.9 Å². The fourth-order valence-electron chi connectivity index (χ4n) is 2.56. The van der Waals surface area contributed by atoms with Crippen molar-refractivity contribution in [2.45, 2.75) is 31.1 Å². The molecule has 0 aromatic heterocycles. The molecule has 1 amide bonds. The highest BCUT2D eigenvalue weighted by atomic mass is 79.9. The lowest BCUT2D eigenvalue weighted by Crippen LogP contribution is -2.39. The molecule has 0 radical (unpaired) electrons. The fourth-order valence-corrected chi connectivity index (χ4v) is 4.37. The van der Waals surface area contributed by atoms with Crippen LogP contribution in [0.1, 0.15) is 24.8 Å². The Bertz CT molecular complexity index is 638. The molecule has 1 aromatic carbocycles. The Balaban J connectivity index is 2.11. The summed E-state index contributed by atoms with van der Waals surface area (Å²) in [6.07, 6.45) is 1.70. The zero-order valence-electron chi connectivity index (χ0n) is 11.9. The van der Waals surface area contributed by atoms with Crippen LogP contribution in [0.2, 0.25) is 0 Å². The molecule has 2 N–H and O–H groups in total. The van der Waals surface area contributed by atoms with Crippen molar-refractivity contribution in [1.29, 1.82) is 0 Å². The molecule has 1 aliphatic rings. The molecule has 0 atom stereocenters. The van der Waals surface area contributed by atoms with Gasteiger partial charge in [-0.15, -0.1) is 0 Å². The van der Waals surface area contributed by atoms with Crippen molar-refractivity contribution < 1.29 is 13.2 Å². The number of amides is 1. The van der Waals surface area contributed by atoms with Crippen LogP contribution in [0.3, 0.4) is 0 Å². The first-order chi connectivity index (χ1) is 9.80. The van der Waals surface area contributed by atoms with Crippen molar-refractivity contribution in [3.8, 4) is 0 Å². The van der Waals surface area contributed by atoms with Crippen molar-refractivity contribution in [2.75, 3.05) is 13.1 Å². The quantitative estimate of drug-likeness (QED) is 0.875. The molecule has 21 heavy (non-hydrogen) atoms. The van der Waals surface area contributed by atoms with E-state index in [1.807, 2.05) is 6.92 Å². The third-order valence-electron chi connectivity index (χ3n) is 3.83. The summed E-state index contributed by atoms with van der Waals surface area (Å²) in [5.74, 6) is -0.125. The highest BCUT2D eigenvalue weighted by molar-refractivity contribution is 9.10. The Hall–Kier alpha value is -0.920. The van der Waals surface area contributed by atoms with Crippen LogP contribution in [0.25, 0.3) is 0 Å². The molecule has 1 saturated heterocycles. The molecule has 7 heteroatoms. The molecule has 116 valence electrons. The van der Waals surface area contributed by atoms with Crippen LogP contribution in [0.15, 0.2) is 27.6 Å². The molecule has 0 aliphatic carbocycles. The lowest BCUT2D eigenvalue weighted by Gasteiger charge is -2.30. The summed E-state index contributed by atoms with van der Waals surface area (Å²) in [6, 6.07) is 5.04. The molecule has 1 aliphatic heterocycles. The van der Waals surface area contributed by atoms with Crippen LogP contribution in [-0.2, 0) is 14.8 Å². The molecular weight excluding hydrogens is 356 g/mol. The average Bonchev–Trinajstić information content (AvgIpc) is 2.41. The van der Waals surface area contributed by atoms with Gasteiger partial charge in [0, 0.05) is 24.0 Å². The molecule has 0 bridgehead atoms. The molecule has 5 nitrogen and oxygen atoms in total. The van der Waals surface area contributed by atoms with Crippen LogP contribution in [0.5, 0.6) is 0 Å². The van der Waals surface area contributed by atoms with Crippen LogP contribution < -0.4 is 5.73 Å². The number of nitrogens with zero attached hydrogens (tertiary/aromatic N) is 1. The first kappa shape index (κ1) is 16.5. The zero-order chi connectivity index (χ0) is 15.6. The van der Waals surface area contributed by atoms with Crippen LogP contribution in [0.4, 0.5) is 0 Å². The zero-order valence-corrected chi connectivity index (χ0v) is 14.3. The van der Waals surface area contributed by atoms with E-state index in [4.69, 9.17) is 5.73 Å². The minimum atomic E-state index is -3.46. The van der Waals surface area contributed by atoms with Crippen molar-refractivity contribution in [3.63, 3.8) is 0 Å². The number of halogens is 1. The Morgan fingerprint density at radius 1 is 1.38 bits per heavy atom. The van der Waals surface area contributed by atoms with Gasteiger partial charge in [0.05, 0.1) is 4.90 Å². The van der Waals surface area contributed by atoms with Gasteiger partial charge in [-0.1, -0.05) is 15.9 Å². The number of rotatable bonds is 4. The van der Waals surface area contributed by atoms with Gasteiger partial charge in [-0.3, -0.25) is 4.79 Å². The largest absolute Gasteiger partial charge is 0.370 e. The molecular formula is C14H19BrN2O3S. The minimum absolute atomic E-state index is 0.195. The number of carbonyl (C=O) groups is 1. The molecule has 0 unspecified atom stereocenters. The molecule has 0 saturated carbocycles. The standard InChI is InChI=1S/C14H19BrN2O3S/c1-10-8-12(2-3-13(10)15)21(19,20)17-6-4-11(5-7-17)9-14(16)18/h2-3,8,11H,4-7,9H2,1H3,(H2,16,18). The lowest BCUT2D eigenvalue weighted by molar-refractivity contribution is -0.119. The van der Waals surface area contributed by atoms with E-state index < -0.39 is 10.0 Å². The van der Waals surface area contributed by atoms with Crippen LogP contribution in [-0.4, -0.2) is 31.7 Å². The lowest BCUT2D eigenvalue weighted by atomic mass is 9.94. The summed E-state index contributed by atoms with van der Waals surface area (Å²) in [5, 5.41) is 0. The number of primary amides is 1. The molecule has 1 heterocycles.